The summed E-state index contributed by atoms with van der Waals surface area (Å²) in [6.07, 6.45) is 5.92. The second kappa shape index (κ2) is 8.56. The molecule has 1 aliphatic rings. The summed E-state index contributed by atoms with van der Waals surface area (Å²) in [5, 5.41) is 5.98. The number of hydrogen-bond acceptors (Lipinski definition) is 3. The highest BCUT2D eigenvalue weighted by atomic mass is 16.2. The van der Waals surface area contributed by atoms with Gasteiger partial charge in [0.15, 0.2) is 0 Å². The highest BCUT2D eigenvalue weighted by Gasteiger charge is 2.14. The summed E-state index contributed by atoms with van der Waals surface area (Å²) in [7, 11) is 0. The Balaban J connectivity index is 1.91. The molecule has 2 amide bonds. The van der Waals surface area contributed by atoms with Crippen LogP contribution in [0.1, 0.15) is 44.6 Å². The van der Waals surface area contributed by atoms with Gasteiger partial charge in [0.25, 0.3) is 0 Å². The lowest BCUT2D eigenvalue weighted by molar-refractivity contribution is -0.129. The zero-order chi connectivity index (χ0) is 16.7. The van der Waals surface area contributed by atoms with Crippen molar-refractivity contribution in [1.82, 2.24) is 4.90 Å². The maximum atomic E-state index is 12.4. The van der Waals surface area contributed by atoms with Crippen LogP contribution in [0.15, 0.2) is 18.2 Å². The number of carbonyl (C=O) groups is 2. The second-order valence-corrected chi connectivity index (χ2v) is 6.21. The monoisotopic (exact) mass is 317 g/mol. The number of amides is 2. The van der Waals surface area contributed by atoms with Crippen molar-refractivity contribution >= 4 is 23.2 Å². The fourth-order valence-electron chi connectivity index (χ4n) is 2.84. The van der Waals surface area contributed by atoms with Gasteiger partial charge in [-0.05, 0) is 37.5 Å². The summed E-state index contributed by atoms with van der Waals surface area (Å²) >= 11 is 0. The van der Waals surface area contributed by atoms with Gasteiger partial charge in [-0.25, -0.2) is 0 Å². The average molecular weight is 317 g/mol. The molecule has 1 saturated heterocycles. The fourth-order valence-corrected chi connectivity index (χ4v) is 2.84. The third kappa shape index (κ3) is 5.58. The molecule has 1 heterocycles. The predicted octanol–water partition coefficient (Wildman–Crippen LogP) is 3.16. The number of nitrogens with zero attached hydrogens (tertiary/aromatic N) is 1. The van der Waals surface area contributed by atoms with E-state index in [0.717, 1.165) is 42.9 Å². The van der Waals surface area contributed by atoms with Gasteiger partial charge < -0.3 is 15.5 Å². The lowest BCUT2D eigenvalue weighted by Crippen LogP contribution is -2.37. The van der Waals surface area contributed by atoms with E-state index in [-0.39, 0.29) is 11.8 Å². The molecule has 0 saturated carbocycles. The SMILES string of the molecule is CC(=O)Nc1cc(NCC(=O)N2CCCCCCC2)ccc1C. The number of nitrogens with one attached hydrogen (secondary N) is 2. The number of benzene rings is 1. The lowest BCUT2D eigenvalue weighted by atomic mass is 10.1. The van der Waals surface area contributed by atoms with Gasteiger partial charge in [0, 0.05) is 31.4 Å². The maximum absolute atomic E-state index is 12.4. The molecular weight excluding hydrogens is 290 g/mol. The van der Waals surface area contributed by atoms with E-state index in [0.29, 0.717) is 6.54 Å². The Bertz CT molecular complexity index is 549. The number of aryl methyl sites for hydroxylation is 1. The van der Waals surface area contributed by atoms with E-state index in [4.69, 9.17) is 0 Å². The molecule has 0 radical (unpaired) electrons. The van der Waals surface area contributed by atoms with E-state index in [2.05, 4.69) is 10.6 Å². The molecule has 0 spiro atoms. The summed E-state index contributed by atoms with van der Waals surface area (Å²) in [6, 6.07) is 5.74. The Morgan fingerprint density at radius 2 is 1.74 bits per heavy atom. The number of rotatable bonds is 4. The van der Waals surface area contributed by atoms with Crippen molar-refractivity contribution in [3.63, 3.8) is 0 Å². The summed E-state index contributed by atoms with van der Waals surface area (Å²) in [4.78, 5) is 25.5. The van der Waals surface area contributed by atoms with Crippen molar-refractivity contribution in [1.29, 1.82) is 0 Å². The number of hydrogen-bond donors (Lipinski definition) is 2. The first kappa shape index (κ1) is 17.3. The molecule has 1 aliphatic heterocycles. The number of likely N-dealkylation sites (tertiary alicyclic amines) is 1. The Morgan fingerprint density at radius 3 is 2.39 bits per heavy atom. The van der Waals surface area contributed by atoms with Crippen molar-refractivity contribution in [3.05, 3.63) is 23.8 Å². The number of carbonyl (C=O) groups excluding carboxylic acids is 2. The first-order valence-corrected chi connectivity index (χ1v) is 8.46. The molecule has 1 fully saturated rings. The van der Waals surface area contributed by atoms with E-state index in [1.807, 2.05) is 30.0 Å². The van der Waals surface area contributed by atoms with Crippen molar-refractivity contribution in [3.8, 4) is 0 Å². The van der Waals surface area contributed by atoms with E-state index in [1.165, 1.54) is 26.2 Å². The summed E-state index contributed by atoms with van der Waals surface area (Å²) in [6.45, 7) is 5.46. The molecule has 0 aromatic heterocycles. The molecule has 2 N–H and O–H groups in total. The van der Waals surface area contributed by atoms with Gasteiger partial charge in [-0.15, -0.1) is 0 Å². The van der Waals surface area contributed by atoms with E-state index < -0.39 is 0 Å². The van der Waals surface area contributed by atoms with Crippen LogP contribution in [0.5, 0.6) is 0 Å². The van der Waals surface area contributed by atoms with Gasteiger partial charge in [-0.2, -0.15) is 0 Å². The summed E-state index contributed by atoms with van der Waals surface area (Å²) in [5.74, 6) is 0.0514. The van der Waals surface area contributed by atoms with Crippen molar-refractivity contribution < 1.29 is 9.59 Å². The van der Waals surface area contributed by atoms with E-state index in [9.17, 15) is 9.59 Å². The first-order chi connectivity index (χ1) is 11.1. The smallest absolute Gasteiger partial charge is 0.241 e. The molecule has 5 nitrogen and oxygen atoms in total. The topological polar surface area (TPSA) is 61.4 Å². The quantitative estimate of drug-likeness (QED) is 0.896. The molecule has 1 aromatic carbocycles. The zero-order valence-corrected chi connectivity index (χ0v) is 14.2. The fraction of sp³-hybridized carbons (Fsp3) is 0.556. The van der Waals surface area contributed by atoms with Gasteiger partial charge >= 0.3 is 0 Å². The minimum atomic E-state index is -0.0954. The van der Waals surface area contributed by atoms with Crippen LogP contribution in [0.2, 0.25) is 0 Å². The molecule has 126 valence electrons. The van der Waals surface area contributed by atoms with Gasteiger partial charge in [0.2, 0.25) is 11.8 Å². The molecule has 5 heteroatoms. The minimum Gasteiger partial charge on any atom is -0.376 e. The zero-order valence-electron chi connectivity index (χ0n) is 14.2. The summed E-state index contributed by atoms with van der Waals surface area (Å²) < 4.78 is 0. The van der Waals surface area contributed by atoms with Crippen LogP contribution in [-0.4, -0.2) is 36.3 Å². The van der Waals surface area contributed by atoms with Crippen LogP contribution in [0, 0.1) is 6.92 Å². The number of anilines is 2. The van der Waals surface area contributed by atoms with Crippen LogP contribution in [0.25, 0.3) is 0 Å². The highest BCUT2D eigenvalue weighted by molar-refractivity contribution is 5.90. The predicted molar refractivity (Wildman–Crippen MR) is 93.6 cm³/mol. The van der Waals surface area contributed by atoms with Crippen LogP contribution in [0.4, 0.5) is 11.4 Å². The lowest BCUT2D eigenvalue weighted by Gasteiger charge is -2.25. The van der Waals surface area contributed by atoms with E-state index >= 15 is 0 Å². The van der Waals surface area contributed by atoms with Gasteiger partial charge in [0.1, 0.15) is 0 Å². The molecule has 2 rings (SSSR count). The Kier molecular flexibility index (Phi) is 6.44. The van der Waals surface area contributed by atoms with Crippen molar-refractivity contribution in [2.24, 2.45) is 0 Å². The van der Waals surface area contributed by atoms with Crippen molar-refractivity contribution in [2.45, 2.75) is 46.0 Å². The molecule has 0 unspecified atom stereocenters. The van der Waals surface area contributed by atoms with Crippen LogP contribution < -0.4 is 10.6 Å². The van der Waals surface area contributed by atoms with Gasteiger partial charge in [-0.3, -0.25) is 9.59 Å². The minimum absolute atomic E-state index is 0.0954. The first-order valence-electron chi connectivity index (χ1n) is 8.46. The highest BCUT2D eigenvalue weighted by Crippen LogP contribution is 2.20. The molecule has 0 bridgehead atoms. The second-order valence-electron chi connectivity index (χ2n) is 6.21. The molecule has 23 heavy (non-hydrogen) atoms. The van der Waals surface area contributed by atoms with Crippen LogP contribution in [-0.2, 0) is 9.59 Å². The largest absolute Gasteiger partial charge is 0.376 e. The third-order valence-corrected chi connectivity index (χ3v) is 4.20. The Hall–Kier alpha value is -2.04. The maximum Gasteiger partial charge on any atom is 0.241 e. The van der Waals surface area contributed by atoms with Crippen molar-refractivity contribution in [2.75, 3.05) is 30.3 Å². The Labute approximate surface area is 138 Å². The molecular formula is C18H27N3O2. The normalized spacial score (nSPS) is 15.5. The van der Waals surface area contributed by atoms with Gasteiger partial charge in [-0.1, -0.05) is 25.3 Å². The average Bonchev–Trinajstić information content (AvgIpc) is 2.47. The molecule has 1 aromatic rings. The van der Waals surface area contributed by atoms with E-state index in [1.54, 1.807) is 0 Å². The molecule has 0 aliphatic carbocycles. The van der Waals surface area contributed by atoms with Crippen LogP contribution >= 0.6 is 0 Å². The van der Waals surface area contributed by atoms with Gasteiger partial charge in [0.05, 0.1) is 6.54 Å². The summed E-state index contributed by atoms with van der Waals surface area (Å²) in [5.41, 5.74) is 2.63. The standard InChI is InChI=1S/C18H27N3O2/c1-14-8-9-16(12-17(14)20-15(2)22)19-13-18(23)21-10-6-4-3-5-7-11-21/h8-9,12,19H,3-7,10-11,13H2,1-2H3,(H,20,22). The third-order valence-electron chi connectivity index (χ3n) is 4.20. The Morgan fingerprint density at radius 1 is 1.09 bits per heavy atom. The molecule has 0 atom stereocenters. The van der Waals surface area contributed by atoms with Crippen LogP contribution in [0.3, 0.4) is 0 Å².